The second-order valence-corrected chi connectivity index (χ2v) is 7.51. The highest BCUT2D eigenvalue weighted by atomic mass is 35.5. The summed E-state index contributed by atoms with van der Waals surface area (Å²) in [6.45, 7) is 0.465. The summed E-state index contributed by atoms with van der Waals surface area (Å²) in [4.78, 5) is 20.4. The molecule has 3 N–H and O–H groups in total. The van der Waals surface area contributed by atoms with Crippen LogP contribution in [0.5, 0.6) is 0 Å². The van der Waals surface area contributed by atoms with Crippen LogP contribution in [0.2, 0.25) is 0 Å². The van der Waals surface area contributed by atoms with E-state index in [0.29, 0.717) is 18.0 Å². The molecule has 0 aromatic heterocycles. The van der Waals surface area contributed by atoms with Gasteiger partial charge in [-0.25, -0.2) is 0 Å². The summed E-state index contributed by atoms with van der Waals surface area (Å²) in [6.07, 6.45) is -0.314. The van der Waals surface area contributed by atoms with Gasteiger partial charge in [0, 0.05) is 24.0 Å². The van der Waals surface area contributed by atoms with Crippen LogP contribution in [0.4, 0.5) is 5.69 Å². The third-order valence-corrected chi connectivity index (χ3v) is 5.20. The normalized spacial score (nSPS) is 18.0. The number of anilines is 1. The Balaban J connectivity index is 2.28. The number of benzene rings is 2. The van der Waals surface area contributed by atoms with Crippen LogP contribution in [-0.4, -0.2) is 34.0 Å². The zero-order chi connectivity index (χ0) is 15.9. The lowest BCUT2D eigenvalue weighted by molar-refractivity contribution is 0.292. The van der Waals surface area contributed by atoms with Gasteiger partial charge in [-0.2, -0.15) is 0 Å². The highest BCUT2D eigenvalue weighted by Crippen LogP contribution is 2.47. The van der Waals surface area contributed by atoms with Gasteiger partial charge in [0.1, 0.15) is 6.73 Å². The fourth-order valence-corrected chi connectivity index (χ4v) is 4.17. The first-order valence-electron chi connectivity index (χ1n) is 6.95. The van der Waals surface area contributed by atoms with Gasteiger partial charge in [-0.15, -0.1) is 11.6 Å². The maximum Gasteiger partial charge on any atom is 0.329 e. The summed E-state index contributed by atoms with van der Waals surface area (Å²) >= 11 is 6.07. The van der Waals surface area contributed by atoms with Crippen molar-refractivity contribution >= 4 is 35.7 Å². The average Bonchev–Trinajstić information content (AvgIpc) is 2.84. The summed E-state index contributed by atoms with van der Waals surface area (Å²) in [6, 6.07) is 9.34. The molecule has 0 saturated carbocycles. The van der Waals surface area contributed by atoms with Crippen LogP contribution in [-0.2, 0) is 10.7 Å². The zero-order valence-corrected chi connectivity index (χ0v) is 13.5. The van der Waals surface area contributed by atoms with Crippen LogP contribution in [0, 0.1) is 0 Å². The largest absolute Gasteiger partial charge is 0.376 e. The monoisotopic (exact) mass is 341 g/mol. The third kappa shape index (κ3) is 2.75. The van der Waals surface area contributed by atoms with Gasteiger partial charge in [0.2, 0.25) is 0 Å². The van der Waals surface area contributed by atoms with Crippen molar-refractivity contribution in [2.75, 3.05) is 24.1 Å². The van der Waals surface area contributed by atoms with E-state index in [4.69, 9.17) is 11.6 Å². The second-order valence-electron chi connectivity index (χ2n) is 5.55. The Morgan fingerprint density at radius 1 is 1.27 bits per heavy atom. The molecule has 1 heterocycles. The molecule has 118 valence electrons. The first-order valence-corrected chi connectivity index (χ1v) is 9.28. The summed E-state index contributed by atoms with van der Waals surface area (Å²) in [5, 5.41) is 11.3. The van der Waals surface area contributed by atoms with Crippen LogP contribution in [0.3, 0.4) is 0 Å². The summed E-state index contributed by atoms with van der Waals surface area (Å²) in [7, 11) is -4.17. The molecule has 0 spiro atoms. The van der Waals surface area contributed by atoms with Crippen molar-refractivity contribution in [1.82, 2.24) is 0 Å². The molecular weight excluding hydrogens is 325 g/mol. The van der Waals surface area contributed by atoms with Gasteiger partial charge >= 0.3 is 7.60 Å². The van der Waals surface area contributed by atoms with E-state index < -0.39 is 7.60 Å². The SMILES string of the molecule is O=P(O)(O)Cc1cc2c(c3ccccc13)[C@H](CCl)CN2CO. The smallest absolute Gasteiger partial charge is 0.329 e. The molecule has 0 aliphatic carbocycles. The number of alkyl halides is 1. The van der Waals surface area contributed by atoms with Gasteiger partial charge in [0.15, 0.2) is 0 Å². The predicted octanol–water partition coefficient (Wildman–Crippen LogP) is 2.61. The van der Waals surface area contributed by atoms with E-state index in [-0.39, 0.29) is 18.8 Å². The maximum absolute atomic E-state index is 11.4. The van der Waals surface area contributed by atoms with Crippen LogP contribution in [0.1, 0.15) is 17.0 Å². The summed E-state index contributed by atoms with van der Waals surface area (Å²) in [5.74, 6) is 0.531. The molecule has 7 heteroatoms. The molecule has 2 aromatic carbocycles. The maximum atomic E-state index is 11.4. The van der Waals surface area contributed by atoms with Crippen molar-refractivity contribution in [1.29, 1.82) is 0 Å². The van der Waals surface area contributed by atoms with Gasteiger partial charge in [-0.05, 0) is 28.0 Å². The van der Waals surface area contributed by atoms with Crippen molar-refractivity contribution in [2.24, 2.45) is 0 Å². The van der Waals surface area contributed by atoms with Crippen LogP contribution >= 0.6 is 19.2 Å². The molecule has 22 heavy (non-hydrogen) atoms. The van der Waals surface area contributed by atoms with Gasteiger partial charge in [0.05, 0.1) is 6.16 Å². The standard InChI is InChI=1S/C15H17ClNO4P/c16-6-11-7-17(9-18)14-5-10(8-22(19,20)21)12-3-1-2-4-13(12)15(11)14/h1-5,11,18H,6-9H2,(H2,19,20,21)/t11-/m1/s1. The number of aliphatic hydroxyl groups is 1. The van der Waals surface area contributed by atoms with E-state index in [1.165, 1.54) is 0 Å². The fourth-order valence-electron chi connectivity index (χ4n) is 3.22. The van der Waals surface area contributed by atoms with E-state index in [2.05, 4.69) is 0 Å². The molecule has 5 nitrogen and oxygen atoms in total. The molecule has 0 bridgehead atoms. The van der Waals surface area contributed by atoms with E-state index >= 15 is 0 Å². The number of hydrogen-bond donors (Lipinski definition) is 3. The van der Waals surface area contributed by atoms with Crippen LogP contribution in [0.15, 0.2) is 30.3 Å². The molecular formula is C15H17ClNO4P. The minimum Gasteiger partial charge on any atom is -0.376 e. The molecule has 0 fully saturated rings. The predicted molar refractivity (Wildman–Crippen MR) is 87.6 cm³/mol. The number of halogens is 1. The molecule has 1 atom stereocenters. The molecule has 0 unspecified atom stereocenters. The van der Waals surface area contributed by atoms with E-state index in [1.807, 2.05) is 24.3 Å². The van der Waals surface area contributed by atoms with Gasteiger partial charge < -0.3 is 19.8 Å². The molecule has 0 amide bonds. The Hall–Kier alpha value is -1.10. The molecule has 1 aliphatic heterocycles. The summed E-state index contributed by atoms with van der Waals surface area (Å²) in [5.41, 5.74) is 2.46. The Morgan fingerprint density at radius 3 is 2.55 bits per heavy atom. The second kappa shape index (κ2) is 5.84. The Labute approximate surface area is 133 Å². The number of fused-ring (bicyclic) bond motifs is 3. The van der Waals surface area contributed by atoms with Gasteiger partial charge in [0.25, 0.3) is 0 Å². The number of aliphatic hydroxyl groups excluding tert-OH is 1. The number of rotatable bonds is 4. The molecule has 1 aliphatic rings. The van der Waals surface area contributed by atoms with Crippen LogP contribution < -0.4 is 4.90 Å². The van der Waals surface area contributed by atoms with Crippen molar-refractivity contribution in [3.8, 4) is 0 Å². The molecule has 0 saturated heterocycles. The van der Waals surface area contributed by atoms with E-state index in [9.17, 15) is 19.5 Å². The zero-order valence-electron chi connectivity index (χ0n) is 11.8. The van der Waals surface area contributed by atoms with Crippen molar-refractivity contribution in [3.05, 3.63) is 41.5 Å². The Bertz CT molecular complexity index is 761. The fraction of sp³-hybridized carbons (Fsp3) is 0.333. The van der Waals surface area contributed by atoms with Gasteiger partial charge in [-0.1, -0.05) is 24.3 Å². The van der Waals surface area contributed by atoms with Crippen molar-refractivity contribution < 1.29 is 19.5 Å². The minimum absolute atomic E-state index is 0.0952. The topological polar surface area (TPSA) is 81.0 Å². The summed E-state index contributed by atoms with van der Waals surface area (Å²) < 4.78 is 11.4. The Kier molecular flexibility index (Phi) is 4.19. The third-order valence-electron chi connectivity index (χ3n) is 4.07. The first kappa shape index (κ1) is 15.8. The lowest BCUT2D eigenvalue weighted by Crippen LogP contribution is -2.23. The van der Waals surface area contributed by atoms with E-state index in [1.54, 1.807) is 11.0 Å². The minimum atomic E-state index is -4.17. The number of nitrogens with zero attached hydrogens (tertiary/aromatic N) is 1. The lowest BCUT2D eigenvalue weighted by Gasteiger charge is -2.18. The Morgan fingerprint density at radius 2 is 1.95 bits per heavy atom. The quantitative estimate of drug-likeness (QED) is 0.588. The first-order chi connectivity index (χ1) is 10.4. The van der Waals surface area contributed by atoms with Gasteiger partial charge in [-0.3, -0.25) is 4.57 Å². The average molecular weight is 342 g/mol. The highest BCUT2D eigenvalue weighted by molar-refractivity contribution is 7.50. The number of hydrogen-bond acceptors (Lipinski definition) is 3. The van der Waals surface area contributed by atoms with Crippen LogP contribution in [0.25, 0.3) is 10.8 Å². The molecule has 0 radical (unpaired) electrons. The highest BCUT2D eigenvalue weighted by Gasteiger charge is 2.31. The molecule has 3 rings (SSSR count). The molecule has 2 aromatic rings. The van der Waals surface area contributed by atoms with E-state index in [0.717, 1.165) is 22.0 Å². The van der Waals surface area contributed by atoms with Crippen molar-refractivity contribution in [2.45, 2.75) is 12.1 Å². The van der Waals surface area contributed by atoms with Crippen molar-refractivity contribution in [3.63, 3.8) is 0 Å². The lowest BCUT2D eigenvalue weighted by atomic mass is 9.93.